The summed E-state index contributed by atoms with van der Waals surface area (Å²) in [5.41, 5.74) is 2.63. The molecule has 132 valence electrons. The molecule has 1 aliphatic carbocycles. The molecule has 0 bridgehead atoms. The van der Waals surface area contributed by atoms with Crippen LogP contribution in [0.5, 0.6) is 0 Å². The first-order valence-electron chi connectivity index (χ1n) is 8.69. The molecule has 1 atom stereocenters. The van der Waals surface area contributed by atoms with E-state index in [0.717, 1.165) is 24.0 Å². The number of aliphatic hydroxyl groups excluding tert-OH is 1. The van der Waals surface area contributed by atoms with Crippen LogP contribution in [-0.4, -0.2) is 45.9 Å². The summed E-state index contributed by atoms with van der Waals surface area (Å²) < 4.78 is 0. The maximum atomic E-state index is 12.6. The Morgan fingerprint density at radius 1 is 1.24 bits per heavy atom. The molecule has 4 rings (SSSR count). The zero-order valence-corrected chi connectivity index (χ0v) is 13.8. The van der Waals surface area contributed by atoms with Crippen LogP contribution in [0.15, 0.2) is 18.2 Å². The third kappa shape index (κ3) is 3.05. The Morgan fingerprint density at radius 2 is 2.04 bits per heavy atom. The van der Waals surface area contributed by atoms with Gasteiger partial charge in [0.25, 0.3) is 5.91 Å². The number of rotatable bonds is 4. The molecule has 2 fully saturated rings. The van der Waals surface area contributed by atoms with E-state index in [2.05, 4.69) is 10.6 Å². The Hall–Kier alpha value is -2.25. The van der Waals surface area contributed by atoms with Crippen LogP contribution in [0.4, 0.5) is 0 Å². The van der Waals surface area contributed by atoms with Crippen LogP contribution in [-0.2, 0) is 22.7 Å². The van der Waals surface area contributed by atoms with Crippen molar-refractivity contribution in [3.63, 3.8) is 0 Å². The number of carbonyl (C=O) groups excluding carboxylic acids is 3. The van der Waals surface area contributed by atoms with E-state index in [-0.39, 0.29) is 30.2 Å². The van der Waals surface area contributed by atoms with E-state index < -0.39 is 6.04 Å². The van der Waals surface area contributed by atoms with Crippen LogP contribution in [0, 0.1) is 0 Å². The number of aliphatic hydroxyl groups is 1. The van der Waals surface area contributed by atoms with Gasteiger partial charge in [0.15, 0.2) is 0 Å². The van der Waals surface area contributed by atoms with Crippen molar-refractivity contribution in [3.05, 3.63) is 34.9 Å². The molecular formula is C18H21N3O4. The first kappa shape index (κ1) is 16.2. The molecule has 25 heavy (non-hydrogen) atoms. The van der Waals surface area contributed by atoms with Gasteiger partial charge in [-0.15, -0.1) is 0 Å². The van der Waals surface area contributed by atoms with Crippen LogP contribution in [0.1, 0.15) is 47.2 Å². The molecule has 3 N–H and O–H groups in total. The minimum absolute atomic E-state index is 0.147. The lowest BCUT2D eigenvalue weighted by atomic mass is 9.89. The Labute approximate surface area is 145 Å². The predicted molar refractivity (Wildman–Crippen MR) is 88.4 cm³/mol. The van der Waals surface area contributed by atoms with Crippen molar-refractivity contribution in [2.24, 2.45) is 0 Å². The first-order chi connectivity index (χ1) is 12.0. The van der Waals surface area contributed by atoms with E-state index in [0.29, 0.717) is 31.1 Å². The number of nitrogens with one attached hydrogen (secondary N) is 2. The highest BCUT2D eigenvalue weighted by Crippen LogP contribution is 2.28. The molecule has 1 unspecified atom stereocenters. The second-order valence-corrected chi connectivity index (χ2v) is 7.09. The van der Waals surface area contributed by atoms with E-state index >= 15 is 0 Å². The molecule has 0 radical (unpaired) electrons. The molecule has 7 heteroatoms. The number of benzene rings is 1. The topological polar surface area (TPSA) is 98.7 Å². The molecule has 1 aromatic rings. The third-order valence-corrected chi connectivity index (χ3v) is 5.30. The van der Waals surface area contributed by atoms with Crippen LogP contribution in [0.2, 0.25) is 0 Å². The molecule has 1 aromatic carbocycles. The lowest BCUT2D eigenvalue weighted by Crippen LogP contribution is -2.52. The fourth-order valence-corrected chi connectivity index (χ4v) is 3.75. The summed E-state index contributed by atoms with van der Waals surface area (Å²) in [5.74, 6) is -0.811. The second-order valence-electron chi connectivity index (χ2n) is 7.09. The maximum absolute atomic E-state index is 12.6. The number of carbonyl (C=O) groups is 3. The fourth-order valence-electron chi connectivity index (χ4n) is 3.75. The van der Waals surface area contributed by atoms with Crippen molar-refractivity contribution in [1.29, 1.82) is 0 Å². The molecular weight excluding hydrogens is 322 g/mol. The number of hydrogen-bond donors (Lipinski definition) is 3. The summed E-state index contributed by atoms with van der Waals surface area (Å²) in [6.45, 7) is 1.09. The largest absolute Gasteiger partial charge is 0.393 e. The van der Waals surface area contributed by atoms with Gasteiger partial charge in [-0.25, -0.2) is 0 Å². The minimum Gasteiger partial charge on any atom is -0.393 e. The summed E-state index contributed by atoms with van der Waals surface area (Å²) >= 11 is 0. The van der Waals surface area contributed by atoms with E-state index in [4.69, 9.17) is 0 Å². The quantitative estimate of drug-likeness (QED) is 0.672. The molecule has 3 aliphatic rings. The van der Waals surface area contributed by atoms with Gasteiger partial charge in [-0.3, -0.25) is 19.7 Å². The van der Waals surface area contributed by atoms with Gasteiger partial charge < -0.3 is 15.3 Å². The summed E-state index contributed by atoms with van der Waals surface area (Å²) in [4.78, 5) is 37.5. The molecule has 1 saturated heterocycles. The van der Waals surface area contributed by atoms with Gasteiger partial charge >= 0.3 is 0 Å². The third-order valence-electron chi connectivity index (χ3n) is 5.30. The first-order valence-corrected chi connectivity index (χ1v) is 8.69. The second kappa shape index (κ2) is 6.24. The number of amides is 3. The summed E-state index contributed by atoms with van der Waals surface area (Å²) in [5, 5.41) is 15.0. The minimum atomic E-state index is -0.573. The normalized spacial score (nSPS) is 28.6. The van der Waals surface area contributed by atoms with Gasteiger partial charge in [-0.1, -0.05) is 12.1 Å². The molecule has 2 heterocycles. The number of nitrogens with zero attached hydrogens (tertiary/aromatic N) is 1. The van der Waals surface area contributed by atoms with Crippen LogP contribution in [0.3, 0.4) is 0 Å². The Kier molecular flexibility index (Phi) is 4.05. The van der Waals surface area contributed by atoms with Gasteiger partial charge in [0, 0.05) is 31.1 Å². The molecule has 0 aromatic heterocycles. The number of piperidine rings is 1. The van der Waals surface area contributed by atoms with Gasteiger partial charge in [0.2, 0.25) is 11.8 Å². The Morgan fingerprint density at radius 3 is 2.76 bits per heavy atom. The average Bonchev–Trinajstić information content (AvgIpc) is 2.87. The van der Waals surface area contributed by atoms with Crippen molar-refractivity contribution in [1.82, 2.24) is 15.5 Å². The highest BCUT2D eigenvalue weighted by Gasteiger charge is 2.39. The molecule has 7 nitrogen and oxygen atoms in total. The smallest absolute Gasteiger partial charge is 0.255 e. The standard InChI is InChI=1S/C18H21N3O4/c22-13-6-12(7-13)19-8-10-1-2-14-11(5-10)9-21(18(14)25)15-3-4-16(23)20-17(15)24/h1-2,5,12-13,15,19,22H,3-4,6-9H2,(H,20,23,24)/t12-,13+,15?. The van der Waals surface area contributed by atoms with Crippen molar-refractivity contribution >= 4 is 17.7 Å². The van der Waals surface area contributed by atoms with Gasteiger partial charge in [0.05, 0.1) is 6.10 Å². The highest BCUT2D eigenvalue weighted by molar-refractivity contribution is 6.05. The molecule has 0 spiro atoms. The number of hydrogen-bond acceptors (Lipinski definition) is 5. The Balaban J connectivity index is 1.44. The van der Waals surface area contributed by atoms with Crippen molar-refractivity contribution < 1.29 is 19.5 Å². The van der Waals surface area contributed by atoms with Crippen LogP contribution in [0.25, 0.3) is 0 Å². The van der Waals surface area contributed by atoms with Crippen LogP contribution < -0.4 is 10.6 Å². The van der Waals surface area contributed by atoms with Gasteiger partial charge in [0.1, 0.15) is 6.04 Å². The zero-order chi connectivity index (χ0) is 17.6. The summed E-state index contributed by atoms with van der Waals surface area (Å²) in [7, 11) is 0. The SMILES string of the molecule is O=C1CCC(N2Cc3cc(CN[C@H]4C[C@@H](O)C4)ccc3C2=O)C(=O)N1. The van der Waals surface area contributed by atoms with E-state index in [1.54, 1.807) is 4.90 Å². The maximum Gasteiger partial charge on any atom is 0.255 e. The van der Waals surface area contributed by atoms with Gasteiger partial charge in [-0.2, -0.15) is 0 Å². The number of imide groups is 1. The number of fused-ring (bicyclic) bond motifs is 1. The highest BCUT2D eigenvalue weighted by atomic mass is 16.3. The average molecular weight is 343 g/mol. The summed E-state index contributed by atoms with van der Waals surface area (Å²) in [6, 6.07) is 5.52. The molecule has 1 saturated carbocycles. The lowest BCUT2D eigenvalue weighted by Gasteiger charge is -2.32. The fraction of sp³-hybridized carbons (Fsp3) is 0.500. The van der Waals surface area contributed by atoms with Crippen molar-refractivity contribution in [2.75, 3.05) is 0 Å². The van der Waals surface area contributed by atoms with Crippen molar-refractivity contribution in [3.8, 4) is 0 Å². The van der Waals surface area contributed by atoms with Gasteiger partial charge in [-0.05, 0) is 36.5 Å². The molecule has 2 aliphatic heterocycles. The lowest BCUT2D eigenvalue weighted by molar-refractivity contribution is -0.136. The van der Waals surface area contributed by atoms with E-state index in [9.17, 15) is 19.5 Å². The van der Waals surface area contributed by atoms with Crippen molar-refractivity contribution in [2.45, 2.75) is 57.0 Å². The summed E-state index contributed by atoms with van der Waals surface area (Å²) in [6.07, 6.45) is 2.03. The molecule has 3 amide bonds. The van der Waals surface area contributed by atoms with E-state index in [1.165, 1.54) is 0 Å². The zero-order valence-electron chi connectivity index (χ0n) is 13.8. The Bertz CT molecular complexity index is 742. The van der Waals surface area contributed by atoms with E-state index in [1.807, 2.05) is 18.2 Å². The van der Waals surface area contributed by atoms with Crippen LogP contribution >= 0.6 is 0 Å². The monoisotopic (exact) mass is 343 g/mol. The predicted octanol–water partition coefficient (Wildman–Crippen LogP) is 0.0605.